The Balaban J connectivity index is 1.51. The van der Waals surface area contributed by atoms with Gasteiger partial charge in [-0.2, -0.15) is 0 Å². The van der Waals surface area contributed by atoms with Crippen molar-refractivity contribution in [3.63, 3.8) is 0 Å². The summed E-state index contributed by atoms with van der Waals surface area (Å²) in [5.74, 6) is 0.289. The van der Waals surface area contributed by atoms with Gasteiger partial charge >= 0.3 is 5.97 Å². The number of aliphatic carboxylic acids is 1. The first-order valence-corrected chi connectivity index (χ1v) is 9.35. The molecule has 1 aromatic carbocycles. The Morgan fingerprint density at radius 3 is 2.67 bits per heavy atom. The third-order valence-electron chi connectivity index (χ3n) is 4.70. The van der Waals surface area contributed by atoms with Crippen LogP contribution >= 0.6 is 11.6 Å². The number of benzene rings is 1. The molecule has 27 heavy (non-hydrogen) atoms. The first-order valence-electron chi connectivity index (χ1n) is 8.97. The van der Waals surface area contributed by atoms with Crippen LogP contribution in [-0.4, -0.2) is 41.5 Å². The zero-order valence-corrected chi connectivity index (χ0v) is 15.9. The zero-order valence-electron chi connectivity index (χ0n) is 15.2. The number of nitrogens with zero attached hydrogens (tertiary/aromatic N) is 1. The van der Waals surface area contributed by atoms with E-state index in [0.29, 0.717) is 29.5 Å². The Morgan fingerprint density at radius 1 is 1.22 bits per heavy atom. The van der Waals surface area contributed by atoms with E-state index in [1.54, 1.807) is 12.1 Å². The zero-order chi connectivity index (χ0) is 19.4. The van der Waals surface area contributed by atoms with Crippen molar-refractivity contribution in [2.45, 2.75) is 19.9 Å². The van der Waals surface area contributed by atoms with Crippen LogP contribution in [0.2, 0.25) is 5.02 Å². The number of furan rings is 1. The fraction of sp³-hybridized carbons (Fsp3) is 0.400. The van der Waals surface area contributed by atoms with Gasteiger partial charge in [0.15, 0.2) is 0 Å². The molecule has 0 radical (unpaired) electrons. The van der Waals surface area contributed by atoms with E-state index in [4.69, 9.17) is 16.0 Å². The molecule has 144 valence electrons. The molecule has 0 saturated carbocycles. The summed E-state index contributed by atoms with van der Waals surface area (Å²) >= 11 is 5.89. The van der Waals surface area contributed by atoms with Crippen molar-refractivity contribution in [1.82, 2.24) is 10.2 Å². The molecule has 1 aliphatic rings. The molecular weight excluding hydrogens is 368 g/mol. The highest BCUT2D eigenvalue weighted by atomic mass is 35.5. The van der Waals surface area contributed by atoms with Crippen LogP contribution in [0.15, 0.2) is 40.8 Å². The molecule has 2 aromatic rings. The highest BCUT2D eigenvalue weighted by Gasteiger charge is 2.30. The average Bonchev–Trinajstić information content (AvgIpc) is 3.09. The highest BCUT2D eigenvalue weighted by molar-refractivity contribution is 6.30. The van der Waals surface area contributed by atoms with Crippen LogP contribution in [0.3, 0.4) is 0 Å². The van der Waals surface area contributed by atoms with Crippen molar-refractivity contribution in [3.05, 3.63) is 47.2 Å². The van der Waals surface area contributed by atoms with Crippen LogP contribution in [0, 0.1) is 11.8 Å². The number of hydrogen-bond donors (Lipinski definition) is 2. The van der Waals surface area contributed by atoms with Gasteiger partial charge in [-0.15, -0.1) is 0 Å². The third kappa shape index (κ3) is 5.34. The van der Waals surface area contributed by atoms with Gasteiger partial charge in [-0.1, -0.05) is 18.5 Å². The molecule has 1 fully saturated rings. The molecule has 2 N–H and O–H groups in total. The van der Waals surface area contributed by atoms with Crippen molar-refractivity contribution < 1.29 is 19.1 Å². The molecule has 7 heteroatoms. The number of carbonyl (C=O) groups excluding carboxylic acids is 1. The summed E-state index contributed by atoms with van der Waals surface area (Å²) in [5.41, 5.74) is 0.916. The van der Waals surface area contributed by atoms with Crippen molar-refractivity contribution in [2.75, 3.05) is 19.6 Å². The second-order valence-corrected chi connectivity index (χ2v) is 7.56. The molecule has 0 bridgehead atoms. The standard InChI is InChI=1S/C20H23ClN2O4/c1-13-8-15(20(25)26)11-23(10-13)12-19(24)22-9-17-6-7-18(27-17)14-2-4-16(21)5-3-14/h2-7,13,15H,8-12H2,1H3,(H,22,24)(H,25,26). The van der Waals surface area contributed by atoms with Gasteiger partial charge in [0.25, 0.3) is 0 Å². The quantitative estimate of drug-likeness (QED) is 0.791. The number of likely N-dealkylation sites (tertiary alicyclic amines) is 1. The van der Waals surface area contributed by atoms with E-state index in [9.17, 15) is 14.7 Å². The monoisotopic (exact) mass is 390 g/mol. The van der Waals surface area contributed by atoms with E-state index < -0.39 is 11.9 Å². The van der Waals surface area contributed by atoms with Crippen LogP contribution in [0.1, 0.15) is 19.1 Å². The number of carboxylic acid groups (broad SMARTS) is 1. The van der Waals surface area contributed by atoms with E-state index in [0.717, 1.165) is 12.1 Å². The van der Waals surface area contributed by atoms with Gasteiger partial charge in [-0.25, -0.2) is 0 Å². The van der Waals surface area contributed by atoms with Gasteiger partial charge in [0, 0.05) is 23.7 Å². The molecule has 0 aliphatic carbocycles. The lowest BCUT2D eigenvalue weighted by molar-refractivity contribution is -0.145. The smallest absolute Gasteiger partial charge is 0.307 e. The Kier molecular flexibility index (Phi) is 6.19. The van der Waals surface area contributed by atoms with Crippen molar-refractivity contribution in [1.29, 1.82) is 0 Å². The minimum atomic E-state index is -0.794. The van der Waals surface area contributed by atoms with Crippen LogP contribution in [0.5, 0.6) is 0 Å². The number of rotatable bonds is 6. The fourth-order valence-corrected chi connectivity index (χ4v) is 3.58. The number of halogens is 1. The minimum Gasteiger partial charge on any atom is -0.481 e. The first-order chi connectivity index (χ1) is 12.9. The number of piperidine rings is 1. The van der Waals surface area contributed by atoms with Crippen molar-refractivity contribution >= 4 is 23.5 Å². The molecule has 1 aliphatic heterocycles. The third-order valence-corrected chi connectivity index (χ3v) is 4.95. The molecule has 1 amide bonds. The topological polar surface area (TPSA) is 82.8 Å². The van der Waals surface area contributed by atoms with E-state index >= 15 is 0 Å². The minimum absolute atomic E-state index is 0.141. The second-order valence-electron chi connectivity index (χ2n) is 7.12. The van der Waals surface area contributed by atoms with E-state index in [2.05, 4.69) is 5.32 Å². The SMILES string of the molecule is CC1CC(C(=O)O)CN(CC(=O)NCc2ccc(-c3ccc(Cl)cc3)o2)C1. The maximum atomic E-state index is 12.2. The maximum absolute atomic E-state index is 12.2. The largest absolute Gasteiger partial charge is 0.481 e. The van der Waals surface area contributed by atoms with Crippen molar-refractivity contribution in [2.24, 2.45) is 11.8 Å². The predicted octanol–water partition coefficient (Wildman–Crippen LogP) is 3.26. The predicted molar refractivity (Wildman–Crippen MR) is 102 cm³/mol. The molecule has 2 heterocycles. The number of amides is 1. The Labute approximate surface area is 163 Å². The van der Waals surface area contributed by atoms with Crippen LogP contribution in [-0.2, 0) is 16.1 Å². The van der Waals surface area contributed by atoms with Gasteiger partial charge in [0.2, 0.25) is 5.91 Å². The van der Waals surface area contributed by atoms with E-state index in [-0.39, 0.29) is 24.9 Å². The molecule has 3 rings (SSSR count). The summed E-state index contributed by atoms with van der Waals surface area (Å²) in [5, 5.41) is 12.7. The van der Waals surface area contributed by atoms with Crippen LogP contribution in [0.25, 0.3) is 11.3 Å². The molecule has 0 spiro atoms. The number of hydrogen-bond acceptors (Lipinski definition) is 4. The van der Waals surface area contributed by atoms with E-state index in [1.165, 1.54) is 0 Å². The number of carbonyl (C=O) groups is 2. The second kappa shape index (κ2) is 8.59. The number of nitrogens with one attached hydrogen (secondary N) is 1. The summed E-state index contributed by atoms with van der Waals surface area (Å²) in [7, 11) is 0. The fourth-order valence-electron chi connectivity index (χ4n) is 3.46. The molecule has 1 aromatic heterocycles. The Hall–Kier alpha value is -2.31. The van der Waals surface area contributed by atoms with Gasteiger partial charge in [0.1, 0.15) is 11.5 Å². The lowest BCUT2D eigenvalue weighted by atomic mass is 9.90. The molecule has 2 atom stereocenters. The van der Waals surface area contributed by atoms with Crippen LogP contribution < -0.4 is 5.32 Å². The number of carboxylic acids is 1. The van der Waals surface area contributed by atoms with E-state index in [1.807, 2.05) is 36.1 Å². The normalized spacial score (nSPS) is 20.4. The van der Waals surface area contributed by atoms with Gasteiger partial charge in [-0.3, -0.25) is 14.5 Å². The summed E-state index contributed by atoms with van der Waals surface area (Å²) < 4.78 is 5.77. The van der Waals surface area contributed by atoms with Crippen molar-refractivity contribution in [3.8, 4) is 11.3 Å². The summed E-state index contributed by atoms with van der Waals surface area (Å²) in [6.45, 7) is 3.64. The summed E-state index contributed by atoms with van der Waals surface area (Å²) in [6, 6.07) is 11.0. The Morgan fingerprint density at radius 2 is 1.96 bits per heavy atom. The van der Waals surface area contributed by atoms with Crippen LogP contribution in [0.4, 0.5) is 0 Å². The average molecular weight is 391 g/mol. The Bertz CT molecular complexity index is 803. The van der Waals surface area contributed by atoms with Gasteiger partial charge in [-0.05, 0) is 48.7 Å². The lowest BCUT2D eigenvalue weighted by Gasteiger charge is -2.34. The first kappa shape index (κ1) is 19.5. The lowest BCUT2D eigenvalue weighted by Crippen LogP contribution is -2.46. The summed E-state index contributed by atoms with van der Waals surface area (Å²) in [4.78, 5) is 25.4. The van der Waals surface area contributed by atoms with Gasteiger partial charge in [0.05, 0.1) is 19.0 Å². The van der Waals surface area contributed by atoms with Gasteiger partial charge < -0.3 is 14.8 Å². The highest BCUT2D eigenvalue weighted by Crippen LogP contribution is 2.24. The molecule has 1 saturated heterocycles. The summed E-state index contributed by atoms with van der Waals surface area (Å²) in [6.07, 6.45) is 0.660. The molecule has 6 nitrogen and oxygen atoms in total. The molecule has 2 unspecified atom stereocenters. The molecular formula is C20H23ClN2O4. The maximum Gasteiger partial charge on any atom is 0.307 e.